The third kappa shape index (κ3) is 3.34. The molecule has 0 atom stereocenters. The van der Waals surface area contributed by atoms with Crippen LogP contribution in [-0.2, 0) is 0 Å². The molecule has 25 heavy (non-hydrogen) atoms. The van der Waals surface area contributed by atoms with Crippen LogP contribution in [0.4, 0.5) is 15.1 Å². The molecule has 3 aromatic rings. The zero-order valence-electron chi connectivity index (χ0n) is 13.1. The third-order valence-corrected chi connectivity index (χ3v) is 3.39. The van der Waals surface area contributed by atoms with Crippen LogP contribution in [0.3, 0.4) is 0 Å². The number of primary amides is 1. The minimum Gasteiger partial charge on any atom is -0.497 e. The molecule has 0 saturated carbocycles. The highest BCUT2D eigenvalue weighted by Crippen LogP contribution is 2.36. The van der Waals surface area contributed by atoms with Gasteiger partial charge in [-0.05, 0) is 18.2 Å². The summed E-state index contributed by atoms with van der Waals surface area (Å²) in [5.74, 6) is -0.0800. The minimum atomic E-state index is -1.03. The second-order valence-electron chi connectivity index (χ2n) is 4.99. The Kier molecular flexibility index (Phi) is 4.21. The van der Waals surface area contributed by atoms with Crippen LogP contribution in [0, 0.1) is 5.82 Å². The summed E-state index contributed by atoms with van der Waals surface area (Å²) in [7, 11) is 1.43. The molecule has 3 rings (SSSR count). The summed E-state index contributed by atoms with van der Waals surface area (Å²) >= 11 is 0. The molecule has 2 aromatic heterocycles. The summed E-state index contributed by atoms with van der Waals surface area (Å²) in [4.78, 5) is 22.0. The Balaban J connectivity index is 2.13. The molecular formula is C16H14FN5O3. The molecule has 9 heteroatoms. The average Bonchev–Trinajstić information content (AvgIpc) is 2.97. The maximum absolute atomic E-state index is 14.4. The number of aromatic nitrogens is 3. The fraction of sp³-hybridized carbons (Fsp3) is 0.0625. The second kappa shape index (κ2) is 6.48. The Morgan fingerprint density at radius 3 is 2.72 bits per heavy atom. The Hall–Kier alpha value is -3.62. The van der Waals surface area contributed by atoms with Gasteiger partial charge in [-0.15, -0.1) is 0 Å². The molecule has 8 nitrogen and oxygen atoms in total. The van der Waals surface area contributed by atoms with E-state index in [0.29, 0.717) is 17.1 Å². The summed E-state index contributed by atoms with van der Waals surface area (Å²) in [5.41, 5.74) is 12.0. The normalized spacial score (nSPS) is 10.5. The van der Waals surface area contributed by atoms with Gasteiger partial charge in [-0.1, -0.05) is 0 Å². The van der Waals surface area contributed by atoms with Crippen molar-refractivity contribution in [3.05, 3.63) is 42.3 Å². The van der Waals surface area contributed by atoms with Gasteiger partial charge in [0.25, 0.3) is 0 Å². The summed E-state index contributed by atoms with van der Waals surface area (Å²) < 4.78 is 24.4. The standard InChI is InChI=1S/C16H14FN5O3/c1-24-8-2-3-9(10(17)6-8)14-13(25-16(19)23)7-12(21-14)11-4-5-20-15(18)22-11/h2-7,21H,1H3,(H2,19,23)(H2,18,20,22). The van der Waals surface area contributed by atoms with Gasteiger partial charge < -0.3 is 25.9 Å². The highest BCUT2D eigenvalue weighted by Gasteiger charge is 2.18. The van der Waals surface area contributed by atoms with Gasteiger partial charge in [0.15, 0.2) is 5.75 Å². The first-order chi connectivity index (χ1) is 12.0. The number of hydrogen-bond acceptors (Lipinski definition) is 6. The first kappa shape index (κ1) is 16.2. The van der Waals surface area contributed by atoms with Gasteiger partial charge in [-0.2, -0.15) is 0 Å². The van der Waals surface area contributed by atoms with Crippen LogP contribution in [0.5, 0.6) is 11.5 Å². The molecule has 0 unspecified atom stereocenters. The van der Waals surface area contributed by atoms with Gasteiger partial charge in [0.1, 0.15) is 11.6 Å². The largest absolute Gasteiger partial charge is 0.497 e. The van der Waals surface area contributed by atoms with Crippen molar-refractivity contribution in [2.75, 3.05) is 12.8 Å². The van der Waals surface area contributed by atoms with Crippen molar-refractivity contribution in [3.8, 4) is 34.1 Å². The highest BCUT2D eigenvalue weighted by molar-refractivity contribution is 5.78. The first-order valence-electron chi connectivity index (χ1n) is 7.11. The Bertz CT molecular complexity index is 941. The SMILES string of the molecule is COc1ccc(-c2[nH]c(-c3ccnc(N)n3)cc2OC(N)=O)c(F)c1. The number of amides is 1. The van der Waals surface area contributed by atoms with Crippen molar-refractivity contribution < 1.29 is 18.7 Å². The Morgan fingerprint density at radius 2 is 2.08 bits per heavy atom. The van der Waals surface area contributed by atoms with Crippen LogP contribution < -0.4 is 20.9 Å². The summed E-state index contributed by atoms with van der Waals surface area (Å²) in [5, 5.41) is 0. The maximum Gasteiger partial charge on any atom is 0.410 e. The lowest BCUT2D eigenvalue weighted by molar-refractivity contribution is 0.211. The zero-order chi connectivity index (χ0) is 18.0. The lowest BCUT2D eigenvalue weighted by Crippen LogP contribution is -2.16. The van der Waals surface area contributed by atoms with Crippen LogP contribution in [0.15, 0.2) is 36.5 Å². The van der Waals surface area contributed by atoms with E-state index in [1.807, 2.05) is 0 Å². The molecule has 128 valence electrons. The number of nitrogens with one attached hydrogen (secondary N) is 1. The second-order valence-corrected chi connectivity index (χ2v) is 4.99. The van der Waals surface area contributed by atoms with Crippen molar-refractivity contribution in [2.24, 2.45) is 5.73 Å². The van der Waals surface area contributed by atoms with Crippen LogP contribution in [0.1, 0.15) is 0 Å². The van der Waals surface area contributed by atoms with E-state index < -0.39 is 11.9 Å². The number of rotatable bonds is 4. The van der Waals surface area contributed by atoms with Crippen molar-refractivity contribution in [3.63, 3.8) is 0 Å². The van der Waals surface area contributed by atoms with Gasteiger partial charge in [-0.25, -0.2) is 19.2 Å². The number of ether oxygens (including phenoxy) is 2. The quantitative estimate of drug-likeness (QED) is 0.667. The number of H-pyrrole nitrogens is 1. The van der Waals surface area contributed by atoms with Crippen molar-refractivity contribution in [1.82, 2.24) is 15.0 Å². The van der Waals surface area contributed by atoms with Gasteiger partial charge in [0, 0.05) is 23.9 Å². The summed E-state index contributed by atoms with van der Waals surface area (Å²) in [6.45, 7) is 0. The number of benzene rings is 1. The number of methoxy groups -OCH3 is 1. The number of nitrogen functional groups attached to an aromatic ring is 1. The van der Waals surface area contributed by atoms with E-state index in [0.717, 1.165) is 0 Å². The Morgan fingerprint density at radius 1 is 1.28 bits per heavy atom. The smallest absolute Gasteiger partial charge is 0.410 e. The van der Waals surface area contributed by atoms with Gasteiger partial charge in [-0.3, -0.25) is 0 Å². The lowest BCUT2D eigenvalue weighted by atomic mass is 10.1. The number of halogens is 1. The van der Waals surface area contributed by atoms with E-state index in [1.165, 1.54) is 31.5 Å². The highest BCUT2D eigenvalue weighted by atomic mass is 19.1. The van der Waals surface area contributed by atoms with Gasteiger partial charge in [0.05, 0.1) is 24.2 Å². The summed E-state index contributed by atoms with van der Waals surface area (Å²) in [6, 6.07) is 7.37. The molecular weight excluding hydrogens is 329 g/mol. The van der Waals surface area contributed by atoms with Crippen molar-refractivity contribution in [1.29, 1.82) is 0 Å². The van der Waals surface area contributed by atoms with Crippen LogP contribution in [0.25, 0.3) is 22.6 Å². The fourth-order valence-electron chi connectivity index (χ4n) is 2.31. The molecule has 0 saturated heterocycles. The number of nitrogens with zero attached hydrogens (tertiary/aromatic N) is 2. The molecule has 0 aliphatic heterocycles. The van der Waals surface area contributed by atoms with E-state index in [9.17, 15) is 9.18 Å². The molecule has 1 amide bonds. The van der Waals surface area contributed by atoms with E-state index in [4.69, 9.17) is 20.9 Å². The number of nitrogens with two attached hydrogens (primary N) is 2. The molecule has 2 heterocycles. The van der Waals surface area contributed by atoms with Crippen LogP contribution in [0.2, 0.25) is 0 Å². The molecule has 0 spiro atoms. The zero-order valence-corrected chi connectivity index (χ0v) is 13.1. The fourth-order valence-corrected chi connectivity index (χ4v) is 2.31. The van der Waals surface area contributed by atoms with E-state index in [-0.39, 0.29) is 23.0 Å². The van der Waals surface area contributed by atoms with E-state index in [2.05, 4.69) is 15.0 Å². The molecule has 0 radical (unpaired) electrons. The molecule has 0 aliphatic carbocycles. The van der Waals surface area contributed by atoms with Crippen molar-refractivity contribution >= 4 is 12.0 Å². The van der Waals surface area contributed by atoms with E-state index >= 15 is 0 Å². The Labute approximate surface area is 141 Å². The van der Waals surface area contributed by atoms with E-state index in [1.54, 1.807) is 12.1 Å². The topological polar surface area (TPSA) is 129 Å². The number of anilines is 1. The molecule has 0 fully saturated rings. The number of carbonyl (C=O) groups is 1. The van der Waals surface area contributed by atoms with Gasteiger partial charge in [0.2, 0.25) is 5.95 Å². The third-order valence-electron chi connectivity index (χ3n) is 3.39. The number of carbonyl (C=O) groups excluding carboxylic acids is 1. The molecule has 0 aliphatic rings. The first-order valence-corrected chi connectivity index (χ1v) is 7.11. The van der Waals surface area contributed by atoms with Crippen molar-refractivity contribution in [2.45, 2.75) is 0 Å². The maximum atomic E-state index is 14.4. The molecule has 5 N–H and O–H groups in total. The molecule has 0 bridgehead atoms. The van der Waals surface area contributed by atoms with Gasteiger partial charge >= 0.3 is 6.09 Å². The predicted octanol–water partition coefficient (Wildman–Crippen LogP) is 2.33. The van der Waals surface area contributed by atoms with Crippen LogP contribution in [-0.4, -0.2) is 28.2 Å². The minimum absolute atomic E-state index is 0.0590. The van der Waals surface area contributed by atoms with Crippen LogP contribution >= 0.6 is 0 Å². The number of hydrogen-bond donors (Lipinski definition) is 3. The summed E-state index contributed by atoms with van der Waals surface area (Å²) in [6.07, 6.45) is 0.448. The average molecular weight is 343 g/mol. The molecule has 1 aromatic carbocycles. The lowest BCUT2D eigenvalue weighted by Gasteiger charge is -2.06. The predicted molar refractivity (Wildman–Crippen MR) is 88.4 cm³/mol. The monoisotopic (exact) mass is 343 g/mol. The number of aromatic amines is 1.